The summed E-state index contributed by atoms with van der Waals surface area (Å²) in [7, 11) is 1.51. The van der Waals surface area contributed by atoms with Gasteiger partial charge >= 0.3 is 12.1 Å². The molecule has 0 aromatic heterocycles. The molecule has 0 radical (unpaired) electrons. The molecule has 1 aromatic carbocycles. The second-order valence-corrected chi connectivity index (χ2v) is 3.35. The first-order valence-electron chi connectivity index (χ1n) is 5.53. The van der Waals surface area contributed by atoms with Gasteiger partial charge in [-0.3, -0.25) is 4.89 Å². The number of hydrogen-bond acceptors (Lipinski definition) is 7. The number of ether oxygens (including phenoxy) is 2. The fourth-order valence-electron chi connectivity index (χ4n) is 1.06. The maximum atomic E-state index is 11.4. The van der Waals surface area contributed by atoms with E-state index in [1.54, 1.807) is 12.1 Å². The minimum atomic E-state index is -1.08. The van der Waals surface area contributed by atoms with E-state index in [1.807, 2.05) is 6.92 Å². The molecule has 19 heavy (non-hydrogen) atoms. The van der Waals surface area contributed by atoms with E-state index < -0.39 is 12.1 Å². The van der Waals surface area contributed by atoms with Crippen LogP contribution in [0, 0.1) is 0 Å². The van der Waals surface area contributed by atoms with Gasteiger partial charge < -0.3 is 9.47 Å². The van der Waals surface area contributed by atoms with Gasteiger partial charge in [-0.05, 0) is 30.7 Å². The Hall–Kier alpha value is -2.28. The molecule has 0 aliphatic rings. The molecule has 0 aliphatic heterocycles. The maximum absolute atomic E-state index is 11.4. The number of benzene rings is 1. The van der Waals surface area contributed by atoms with Crippen LogP contribution in [0.3, 0.4) is 0 Å². The van der Waals surface area contributed by atoms with E-state index >= 15 is 0 Å². The molecule has 0 saturated carbocycles. The highest BCUT2D eigenvalue weighted by Crippen LogP contribution is 2.12. The van der Waals surface area contributed by atoms with Gasteiger partial charge in [0.1, 0.15) is 5.75 Å². The molecule has 0 spiro atoms. The van der Waals surface area contributed by atoms with E-state index in [2.05, 4.69) is 19.6 Å². The Balaban J connectivity index is 2.32. The fraction of sp³-hybridized carbons (Fsp3) is 0.333. The lowest BCUT2D eigenvalue weighted by molar-refractivity contribution is -0.452. The first-order valence-corrected chi connectivity index (χ1v) is 5.53. The molecular formula is C12H14O7. The zero-order valence-electron chi connectivity index (χ0n) is 10.6. The van der Waals surface area contributed by atoms with Crippen LogP contribution in [0.5, 0.6) is 5.75 Å². The molecule has 104 valence electrons. The van der Waals surface area contributed by atoms with E-state index in [4.69, 9.17) is 4.74 Å². The van der Waals surface area contributed by atoms with Crippen LogP contribution in [-0.4, -0.2) is 25.8 Å². The van der Waals surface area contributed by atoms with Crippen molar-refractivity contribution in [3.63, 3.8) is 0 Å². The first-order chi connectivity index (χ1) is 9.17. The Morgan fingerprint density at radius 3 is 2.37 bits per heavy atom. The number of hydrogen-bond donors (Lipinski definition) is 0. The Morgan fingerprint density at radius 2 is 1.79 bits per heavy atom. The summed E-state index contributed by atoms with van der Waals surface area (Å²) in [6.45, 7) is 2.01. The van der Waals surface area contributed by atoms with Gasteiger partial charge in [0.15, 0.2) is 0 Å². The van der Waals surface area contributed by atoms with E-state index in [0.29, 0.717) is 12.2 Å². The maximum Gasteiger partial charge on any atom is 0.543 e. The van der Waals surface area contributed by atoms with Gasteiger partial charge in [0.2, 0.25) is 0 Å². The molecule has 0 N–H and O–H groups in total. The molecule has 0 bridgehead atoms. The highest BCUT2D eigenvalue weighted by molar-refractivity contribution is 5.89. The summed E-state index contributed by atoms with van der Waals surface area (Å²) in [6.07, 6.45) is -0.440. The Kier molecular flexibility index (Phi) is 6.17. The topological polar surface area (TPSA) is 80.3 Å². The van der Waals surface area contributed by atoms with Crippen molar-refractivity contribution in [2.45, 2.75) is 13.3 Å². The highest BCUT2D eigenvalue weighted by atomic mass is 17.5. The van der Waals surface area contributed by atoms with Crippen LogP contribution < -0.4 is 4.74 Å². The molecule has 0 aliphatic carbocycles. The molecule has 0 saturated heterocycles. The van der Waals surface area contributed by atoms with Crippen molar-refractivity contribution in [3.05, 3.63) is 29.8 Å². The molecule has 7 heteroatoms. The Bertz CT molecular complexity index is 413. The van der Waals surface area contributed by atoms with Crippen LogP contribution in [0.25, 0.3) is 0 Å². The smallest absolute Gasteiger partial charge is 0.497 e. The third-order valence-electron chi connectivity index (χ3n) is 1.96. The van der Waals surface area contributed by atoms with Crippen LogP contribution in [0.2, 0.25) is 0 Å². The first kappa shape index (κ1) is 14.8. The van der Waals surface area contributed by atoms with Crippen LogP contribution in [0.1, 0.15) is 23.7 Å². The lowest BCUT2D eigenvalue weighted by Gasteiger charge is -2.03. The second-order valence-electron chi connectivity index (χ2n) is 3.35. The minimum Gasteiger partial charge on any atom is -0.497 e. The molecule has 0 amide bonds. The number of methoxy groups -OCH3 is 1. The largest absolute Gasteiger partial charge is 0.543 e. The Morgan fingerprint density at radius 1 is 1.11 bits per heavy atom. The number of rotatable bonds is 6. The molecule has 1 rings (SSSR count). The van der Waals surface area contributed by atoms with Gasteiger partial charge in [-0.25, -0.2) is 14.5 Å². The van der Waals surface area contributed by atoms with E-state index in [9.17, 15) is 9.59 Å². The minimum absolute atomic E-state index is 0.189. The van der Waals surface area contributed by atoms with Crippen molar-refractivity contribution in [3.8, 4) is 5.75 Å². The van der Waals surface area contributed by atoms with Crippen LogP contribution in [0.4, 0.5) is 4.79 Å². The van der Waals surface area contributed by atoms with E-state index in [0.717, 1.165) is 0 Å². The highest BCUT2D eigenvalue weighted by Gasteiger charge is 2.11. The molecule has 1 aromatic rings. The van der Waals surface area contributed by atoms with Crippen LogP contribution in [-0.2, 0) is 19.6 Å². The molecule has 7 nitrogen and oxygen atoms in total. The third-order valence-corrected chi connectivity index (χ3v) is 1.96. The average molecular weight is 270 g/mol. The van der Waals surface area contributed by atoms with Crippen molar-refractivity contribution in [1.29, 1.82) is 0 Å². The van der Waals surface area contributed by atoms with E-state index in [1.165, 1.54) is 19.2 Å². The zero-order valence-corrected chi connectivity index (χ0v) is 10.6. The summed E-state index contributed by atoms with van der Waals surface area (Å²) in [6, 6.07) is 6.10. The third kappa shape index (κ3) is 5.26. The lowest BCUT2D eigenvalue weighted by atomic mass is 10.2. The van der Waals surface area contributed by atoms with Gasteiger partial charge in [-0.2, -0.15) is 0 Å². The number of carbonyl (C=O) groups is 2. The van der Waals surface area contributed by atoms with Crippen molar-refractivity contribution < 1.29 is 33.9 Å². The normalized spacial score (nSPS) is 9.58. The van der Waals surface area contributed by atoms with Crippen molar-refractivity contribution in [1.82, 2.24) is 0 Å². The van der Waals surface area contributed by atoms with Crippen LogP contribution >= 0.6 is 0 Å². The van der Waals surface area contributed by atoms with Crippen molar-refractivity contribution in [2.24, 2.45) is 0 Å². The van der Waals surface area contributed by atoms with Gasteiger partial charge in [-0.1, -0.05) is 6.92 Å². The number of carbonyl (C=O) groups excluding carboxylic acids is 2. The molecular weight excluding hydrogens is 256 g/mol. The van der Waals surface area contributed by atoms with Gasteiger partial charge in [0.25, 0.3) is 0 Å². The van der Waals surface area contributed by atoms with E-state index in [-0.39, 0.29) is 12.2 Å². The summed E-state index contributed by atoms with van der Waals surface area (Å²) in [5, 5.41) is 4.01. The summed E-state index contributed by atoms with van der Waals surface area (Å²) in [5.74, 6) is -0.220. The summed E-state index contributed by atoms with van der Waals surface area (Å²) in [4.78, 5) is 30.5. The summed E-state index contributed by atoms with van der Waals surface area (Å²) >= 11 is 0. The average Bonchev–Trinajstić information content (AvgIpc) is 2.45. The van der Waals surface area contributed by atoms with Crippen LogP contribution in [0.15, 0.2) is 24.3 Å². The quantitative estimate of drug-likeness (QED) is 0.445. The molecule has 0 heterocycles. The SMILES string of the molecule is CCCOC(=O)OOOC(=O)c1ccc(OC)cc1. The van der Waals surface area contributed by atoms with Crippen molar-refractivity contribution >= 4 is 12.1 Å². The standard InChI is InChI=1S/C12H14O7/c1-3-8-16-12(14)18-19-17-11(13)9-4-6-10(15-2)7-5-9/h4-7H,3,8H2,1-2H3. The monoisotopic (exact) mass is 270 g/mol. The molecule has 0 fully saturated rings. The van der Waals surface area contributed by atoms with Gasteiger partial charge in [0, 0.05) is 0 Å². The second kappa shape index (κ2) is 7.93. The van der Waals surface area contributed by atoms with Crippen molar-refractivity contribution in [2.75, 3.05) is 13.7 Å². The molecule has 0 atom stereocenters. The summed E-state index contributed by atoms with van der Waals surface area (Å²) in [5.41, 5.74) is 0.214. The Labute approximate surface area is 109 Å². The lowest BCUT2D eigenvalue weighted by Crippen LogP contribution is -2.12. The fourth-order valence-corrected chi connectivity index (χ4v) is 1.06. The summed E-state index contributed by atoms with van der Waals surface area (Å²) < 4.78 is 9.44. The predicted octanol–water partition coefficient (Wildman–Crippen LogP) is 2.26. The predicted molar refractivity (Wildman–Crippen MR) is 62.2 cm³/mol. The molecule has 0 unspecified atom stereocenters. The van der Waals surface area contributed by atoms with Gasteiger partial charge in [0.05, 0.1) is 24.3 Å². The zero-order chi connectivity index (χ0) is 14.1. The van der Waals surface area contributed by atoms with Gasteiger partial charge in [-0.15, -0.1) is 0 Å².